The van der Waals surface area contributed by atoms with Gasteiger partial charge in [-0.1, -0.05) is 70.8 Å². The van der Waals surface area contributed by atoms with Crippen molar-refractivity contribution in [2.24, 2.45) is 0 Å². The van der Waals surface area contributed by atoms with E-state index in [-0.39, 0.29) is 0 Å². The van der Waals surface area contributed by atoms with Gasteiger partial charge in [0, 0.05) is 0 Å². The highest BCUT2D eigenvalue weighted by molar-refractivity contribution is 4.85. The molecule has 0 aliphatic rings. The second-order valence-electron chi connectivity index (χ2n) is 4.09. The molecular formula is C14H27. The molecule has 1 radical (unpaired) electrons. The number of rotatable bonds is 11. The molecule has 0 aromatic rings. The predicted octanol–water partition coefficient (Wildman–Crippen LogP) is 5.30. The summed E-state index contributed by atoms with van der Waals surface area (Å²) in [6.45, 7) is 5.95. The minimum absolute atomic E-state index is 1.22. The maximum absolute atomic E-state index is 3.68. The maximum atomic E-state index is 3.68. The zero-order valence-corrected chi connectivity index (χ0v) is 9.93. The van der Waals surface area contributed by atoms with Crippen LogP contribution < -0.4 is 0 Å². The van der Waals surface area contributed by atoms with Gasteiger partial charge >= 0.3 is 0 Å². The minimum atomic E-state index is 1.22. The summed E-state index contributed by atoms with van der Waals surface area (Å²) in [6.07, 6.45) is 18.0. The van der Waals surface area contributed by atoms with E-state index < -0.39 is 0 Å². The summed E-state index contributed by atoms with van der Waals surface area (Å²) in [5.41, 5.74) is 0. The largest absolute Gasteiger partial charge is 0.103 e. The van der Waals surface area contributed by atoms with E-state index in [2.05, 4.69) is 19.9 Å². The van der Waals surface area contributed by atoms with Crippen molar-refractivity contribution in [2.75, 3.05) is 0 Å². The third-order valence-corrected chi connectivity index (χ3v) is 2.64. The van der Waals surface area contributed by atoms with Gasteiger partial charge in [0.1, 0.15) is 0 Å². The smallest absolute Gasteiger partial charge is 0.0173 e. The van der Waals surface area contributed by atoms with Crippen LogP contribution in [0.2, 0.25) is 0 Å². The SMILES string of the molecule is C=C[CH]CCCCCCCCCCC. The van der Waals surface area contributed by atoms with Crippen molar-refractivity contribution < 1.29 is 0 Å². The highest BCUT2D eigenvalue weighted by Crippen LogP contribution is 2.10. The van der Waals surface area contributed by atoms with E-state index in [1.54, 1.807) is 0 Å². The standard InChI is InChI=1S/C14H27/c1-3-5-7-9-11-13-14-12-10-8-6-4-2/h3,5H,1,4,6-14H2,2H3. The van der Waals surface area contributed by atoms with Gasteiger partial charge in [-0.3, -0.25) is 0 Å². The summed E-state index contributed by atoms with van der Waals surface area (Å²) >= 11 is 0. The second kappa shape index (κ2) is 12.7. The van der Waals surface area contributed by atoms with Crippen molar-refractivity contribution in [3.8, 4) is 0 Å². The van der Waals surface area contributed by atoms with E-state index in [1.807, 2.05) is 6.08 Å². The molecule has 0 unspecified atom stereocenters. The molecule has 0 nitrogen and oxygen atoms in total. The van der Waals surface area contributed by atoms with Gasteiger partial charge in [-0.15, -0.1) is 6.58 Å². The third-order valence-electron chi connectivity index (χ3n) is 2.64. The fourth-order valence-corrected chi connectivity index (χ4v) is 1.69. The van der Waals surface area contributed by atoms with E-state index in [9.17, 15) is 0 Å². The van der Waals surface area contributed by atoms with Crippen molar-refractivity contribution in [2.45, 2.75) is 71.1 Å². The van der Waals surface area contributed by atoms with Gasteiger partial charge in [0.2, 0.25) is 0 Å². The summed E-state index contributed by atoms with van der Waals surface area (Å²) in [4.78, 5) is 0. The number of allylic oxidation sites excluding steroid dienone is 1. The Bertz CT molecular complexity index is 105. The average Bonchev–Trinajstić information content (AvgIpc) is 2.21. The molecule has 0 saturated carbocycles. The zero-order valence-electron chi connectivity index (χ0n) is 9.93. The molecule has 0 fully saturated rings. The van der Waals surface area contributed by atoms with Gasteiger partial charge in [0.05, 0.1) is 0 Å². The van der Waals surface area contributed by atoms with E-state index in [4.69, 9.17) is 0 Å². The van der Waals surface area contributed by atoms with Gasteiger partial charge in [0.15, 0.2) is 0 Å². The average molecular weight is 195 g/mol. The monoisotopic (exact) mass is 195 g/mol. The fraction of sp³-hybridized carbons (Fsp3) is 0.786. The van der Waals surface area contributed by atoms with Gasteiger partial charge in [-0.05, 0) is 12.8 Å². The van der Waals surface area contributed by atoms with Crippen LogP contribution in [-0.2, 0) is 0 Å². The van der Waals surface area contributed by atoms with Gasteiger partial charge in [0.25, 0.3) is 0 Å². The van der Waals surface area contributed by atoms with Gasteiger partial charge in [-0.2, -0.15) is 0 Å². The van der Waals surface area contributed by atoms with E-state index in [0.717, 1.165) is 0 Å². The van der Waals surface area contributed by atoms with Crippen LogP contribution in [0.25, 0.3) is 0 Å². The Kier molecular flexibility index (Phi) is 12.5. The zero-order chi connectivity index (χ0) is 10.5. The number of hydrogen-bond donors (Lipinski definition) is 0. The Balaban J connectivity index is 2.81. The number of unbranched alkanes of at least 4 members (excludes halogenated alkanes) is 10. The Morgan fingerprint density at radius 1 is 0.786 bits per heavy atom. The Hall–Kier alpha value is -0.260. The summed E-state index contributed by atoms with van der Waals surface area (Å²) in [5.74, 6) is 0. The maximum Gasteiger partial charge on any atom is -0.0173 e. The van der Waals surface area contributed by atoms with Crippen molar-refractivity contribution in [1.82, 2.24) is 0 Å². The highest BCUT2D eigenvalue weighted by Gasteiger charge is 1.91. The molecule has 0 bridgehead atoms. The molecule has 14 heavy (non-hydrogen) atoms. The third kappa shape index (κ3) is 11.7. The lowest BCUT2D eigenvalue weighted by atomic mass is 10.1. The highest BCUT2D eigenvalue weighted by atomic mass is 14.0. The first-order valence-corrected chi connectivity index (χ1v) is 6.36. The normalized spacial score (nSPS) is 10.4. The first-order valence-electron chi connectivity index (χ1n) is 6.36. The molecule has 0 atom stereocenters. The molecule has 0 N–H and O–H groups in total. The quantitative estimate of drug-likeness (QED) is 0.393. The van der Waals surface area contributed by atoms with Crippen LogP contribution in [-0.4, -0.2) is 0 Å². The molecule has 0 heterocycles. The van der Waals surface area contributed by atoms with Crippen LogP contribution >= 0.6 is 0 Å². The van der Waals surface area contributed by atoms with Crippen LogP contribution in [0.4, 0.5) is 0 Å². The van der Waals surface area contributed by atoms with Crippen molar-refractivity contribution in [3.63, 3.8) is 0 Å². The molecule has 0 amide bonds. The lowest BCUT2D eigenvalue weighted by molar-refractivity contribution is 0.565. The molecule has 0 aromatic carbocycles. The lowest BCUT2D eigenvalue weighted by Gasteiger charge is -2.00. The molecule has 0 heteroatoms. The van der Waals surface area contributed by atoms with Crippen LogP contribution in [0.15, 0.2) is 12.7 Å². The van der Waals surface area contributed by atoms with Crippen LogP contribution in [0.5, 0.6) is 0 Å². The summed E-state index contributed by atoms with van der Waals surface area (Å²) in [7, 11) is 0. The first-order chi connectivity index (χ1) is 6.91. The molecule has 83 valence electrons. The molecule has 0 saturated heterocycles. The molecule has 0 rings (SSSR count). The van der Waals surface area contributed by atoms with Gasteiger partial charge < -0.3 is 0 Å². The summed E-state index contributed by atoms with van der Waals surface area (Å²) in [6, 6.07) is 0. The van der Waals surface area contributed by atoms with Crippen LogP contribution in [0.1, 0.15) is 71.1 Å². The molecule has 0 aromatic heterocycles. The second-order valence-corrected chi connectivity index (χ2v) is 4.09. The van der Waals surface area contributed by atoms with Crippen molar-refractivity contribution in [1.29, 1.82) is 0 Å². The van der Waals surface area contributed by atoms with Gasteiger partial charge in [-0.25, -0.2) is 0 Å². The molecule has 0 spiro atoms. The summed E-state index contributed by atoms with van der Waals surface area (Å²) in [5, 5.41) is 0. The Labute approximate surface area is 90.8 Å². The van der Waals surface area contributed by atoms with E-state index >= 15 is 0 Å². The molecule has 0 aliphatic heterocycles. The summed E-state index contributed by atoms with van der Waals surface area (Å²) < 4.78 is 0. The Morgan fingerprint density at radius 3 is 1.79 bits per heavy atom. The predicted molar refractivity (Wildman–Crippen MR) is 66.3 cm³/mol. The first kappa shape index (κ1) is 13.7. The Morgan fingerprint density at radius 2 is 1.29 bits per heavy atom. The van der Waals surface area contributed by atoms with E-state index in [1.165, 1.54) is 64.2 Å². The molecule has 0 aliphatic carbocycles. The molecular weight excluding hydrogens is 168 g/mol. The number of hydrogen-bond acceptors (Lipinski definition) is 0. The van der Waals surface area contributed by atoms with Crippen molar-refractivity contribution in [3.05, 3.63) is 19.1 Å². The topological polar surface area (TPSA) is 0 Å². The van der Waals surface area contributed by atoms with E-state index in [0.29, 0.717) is 0 Å². The van der Waals surface area contributed by atoms with Crippen molar-refractivity contribution >= 4 is 0 Å². The fourth-order valence-electron chi connectivity index (χ4n) is 1.69. The minimum Gasteiger partial charge on any atom is -0.103 e. The lowest BCUT2D eigenvalue weighted by Crippen LogP contribution is -1.81. The van der Waals surface area contributed by atoms with Crippen LogP contribution in [0, 0.1) is 6.42 Å². The van der Waals surface area contributed by atoms with Crippen LogP contribution in [0.3, 0.4) is 0 Å².